The first kappa shape index (κ1) is 16.7. The highest BCUT2D eigenvalue weighted by molar-refractivity contribution is 5.65. The van der Waals surface area contributed by atoms with E-state index in [9.17, 15) is 9.90 Å². The molecule has 7 nitrogen and oxygen atoms in total. The molecule has 2 heterocycles. The average Bonchev–Trinajstić information content (AvgIpc) is 2.91. The summed E-state index contributed by atoms with van der Waals surface area (Å²) in [5.41, 5.74) is 0.686. The number of aromatic amines is 1. The van der Waals surface area contributed by atoms with E-state index in [2.05, 4.69) is 43.1 Å². The summed E-state index contributed by atoms with van der Waals surface area (Å²) in [4.78, 5) is 13.1. The van der Waals surface area contributed by atoms with Crippen molar-refractivity contribution in [2.45, 2.75) is 46.8 Å². The van der Waals surface area contributed by atoms with Crippen LogP contribution in [0.2, 0.25) is 0 Å². The maximum atomic E-state index is 11.5. The Balaban J connectivity index is 1.97. The molecular formula is C15H26N4O3. The van der Waals surface area contributed by atoms with Gasteiger partial charge in [-0.05, 0) is 23.7 Å². The fourth-order valence-electron chi connectivity index (χ4n) is 3.57. The molecule has 0 aliphatic carbocycles. The summed E-state index contributed by atoms with van der Waals surface area (Å²) in [5, 5.41) is 19.7. The summed E-state index contributed by atoms with van der Waals surface area (Å²) < 4.78 is 5.76. The summed E-state index contributed by atoms with van der Waals surface area (Å²) >= 11 is 0. The first-order valence-corrected chi connectivity index (χ1v) is 7.73. The fourth-order valence-corrected chi connectivity index (χ4v) is 3.57. The van der Waals surface area contributed by atoms with Crippen molar-refractivity contribution >= 4 is 6.09 Å². The number of hydrogen-bond acceptors (Lipinski definition) is 4. The molecule has 0 saturated carbocycles. The van der Waals surface area contributed by atoms with E-state index in [4.69, 9.17) is 4.74 Å². The smallest absolute Gasteiger partial charge is 0.407 e. The number of nitrogens with zero attached hydrogens (tertiary/aromatic N) is 3. The van der Waals surface area contributed by atoms with Crippen molar-refractivity contribution in [1.29, 1.82) is 0 Å². The molecule has 2 N–H and O–H groups in total. The van der Waals surface area contributed by atoms with Gasteiger partial charge in [-0.2, -0.15) is 0 Å². The molecule has 22 heavy (non-hydrogen) atoms. The Morgan fingerprint density at radius 2 is 2.27 bits per heavy atom. The Hall–Kier alpha value is -1.63. The second kappa shape index (κ2) is 6.64. The molecule has 0 spiro atoms. The molecule has 1 saturated heterocycles. The molecule has 1 amide bonds. The van der Waals surface area contributed by atoms with Crippen LogP contribution >= 0.6 is 0 Å². The number of likely N-dealkylation sites (tertiary alicyclic amines) is 1. The number of H-pyrrole nitrogens is 1. The molecule has 0 bridgehead atoms. The van der Waals surface area contributed by atoms with Crippen LogP contribution in [0.3, 0.4) is 0 Å². The predicted octanol–water partition coefficient (Wildman–Crippen LogP) is 2.37. The Bertz CT molecular complexity index is 483. The van der Waals surface area contributed by atoms with Gasteiger partial charge < -0.3 is 14.7 Å². The molecule has 3 atom stereocenters. The van der Waals surface area contributed by atoms with Crippen molar-refractivity contribution in [3.63, 3.8) is 0 Å². The van der Waals surface area contributed by atoms with Gasteiger partial charge in [0.25, 0.3) is 0 Å². The minimum Gasteiger partial charge on any atom is -0.465 e. The van der Waals surface area contributed by atoms with Crippen LogP contribution in [-0.2, 0) is 11.3 Å². The fraction of sp³-hybridized carbons (Fsp3) is 0.800. The summed E-state index contributed by atoms with van der Waals surface area (Å²) in [7, 11) is 0. The molecule has 1 aliphatic heterocycles. The lowest BCUT2D eigenvalue weighted by atomic mass is 9.70. The quantitative estimate of drug-likeness (QED) is 0.891. The molecule has 1 fully saturated rings. The largest absolute Gasteiger partial charge is 0.465 e. The predicted molar refractivity (Wildman–Crippen MR) is 81.3 cm³/mol. The van der Waals surface area contributed by atoms with Gasteiger partial charge in [-0.3, -0.25) is 5.10 Å². The van der Waals surface area contributed by atoms with Crippen LogP contribution in [0.25, 0.3) is 0 Å². The number of ether oxygens (including phenoxy) is 1. The van der Waals surface area contributed by atoms with Crippen molar-refractivity contribution in [2.24, 2.45) is 17.3 Å². The third kappa shape index (κ3) is 3.76. The van der Waals surface area contributed by atoms with Gasteiger partial charge in [0.15, 0.2) is 0 Å². The number of piperidine rings is 1. The normalized spacial score (nSPS) is 26.2. The van der Waals surface area contributed by atoms with Crippen molar-refractivity contribution in [3.05, 3.63) is 11.9 Å². The van der Waals surface area contributed by atoms with Crippen LogP contribution < -0.4 is 0 Å². The molecule has 0 radical (unpaired) electrons. The van der Waals surface area contributed by atoms with E-state index in [0.29, 0.717) is 25.7 Å². The molecule has 1 aliphatic rings. The minimum atomic E-state index is -0.825. The zero-order chi connectivity index (χ0) is 16.3. The third-order valence-electron chi connectivity index (χ3n) is 4.50. The molecule has 2 rings (SSSR count). The van der Waals surface area contributed by atoms with Crippen molar-refractivity contribution < 1.29 is 14.6 Å². The van der Waals surface area contributed by atoms with Gasteiger partial charge in [0.05, 0.1) is 13.2 Å². The van der Waals surface area contributed by atoms with E-state index in [0.717, 1.165) is 12.1 Å². The number of aromatic nitrogens is 3. The standard InChI is InChI=1S/C15H26N4O3/c1-10-11(8-22-9-12-7-16-18-17-12)5-6-19(14(20)21)13(10)15(2,3)4/h7,10-11,13H,5-6,8-9H2,1-4H3,(H,20,21)(H,16,17,18). The zero-order valence-corrected chi connectivity index (χ0v) is 13.7. The Labute approximate surface area is 131 Å². The van der Waals surface area contributed by atoms with E-state index in [1.165, 1.54) is 0 Å². The van der Waals surface area contributed by atoms with Gasteiger partial charge in [-0.15, -0.1) is 5.10 Å². The second-order valence-electron chi connectivity index (χ2n) is 7.17. The van der Waals surface area contributed by atoms with Crippen LogP contribution in [0.5, 0.6) is 0 Å². The van der Waals surface area contributed by atoms with Crippen LogP contribution in [0.1, 0.15) is 39.8 Å². The first-order valence-electron chi connectivity index (χ1n) is 7.73. The summed E-state index contributed by atoms with van der Waals surface area (Å²) in [6.45, 7) is 10.1. The number of carbonyl (C=O) groups is 1. The maximum Gasteiger partial charge on any atom is 0.407 e. The third-order valence-corrected chi connectivity index (χ3v) is 4.50. The van der Waals surface area contributed by atoms with Crippen molar-refractivity contribution in [2.75, 3.05) is 13.2 Å². The number of carboxylic acid groups (broad SMARTS) is 1. The lowest BCUT2D eigenvalue weighted by Crippen LogP contribution is -2.56. The van der Waals surface area contributed by atoms with Crippen LogP contribution in [-0.4, -0.2) is 50.7 Å². The molecule has 124 valence electrons. The Morgan fingerprint density at radius 1 is 1.55 bits per heavy atom. The van der Waals surface area contributed by atoms with Crippen LogP contribution in [0.4, 0.5) is 4.79 Å². The average molecular weight is 310 g/mol. The molecule has 7 heteroatoms. The van der Waals surface area contributed by atoms with Crippen LogP contribution in [0, 0.1) is 17.3 Å². The van der Waals surface area contributed by atoms with E-state index in [1.54, 1.807) is 11.1 Å². The van der Waals surface area contributed by atoms with Gasteiger partial charge in [0, 0.05) is 18.8 Å². The zero-order valence-electron chi connectivity index (χ0n) is 13.7. The van der Waals surface area contributed by atoms with Gasteiger partial charge >= 0.3 is 6.09 Å². The molecule has 0 aromatic carbocycles. The Kier molecular flexibility index (Phi) is 5.05. The molecule has 3 unspecified atom stereocenters. The lowest BCUT2D eigenvalue weighted by molar-refractivity contribution is -0.0303. The molecular weight excluding hydrogens is 284 g/mol. The Morgan fingerprint density at radius 3 is 2.82 bits per heavy atom. The van der Waals surface area contributed by atoms with Crippen molar-refractivity contribution in [3.8, 4) is 0 Å². The molecule has 1 aromatic heterocycles. The number of amides is 1. The highest BCUT2D eigenvalue weighted by Crippen LogP contribution is 2.39. The number of nitrogens with one attached hydrogen (secondary N) is 1. The van der Waals surface area contributed by atoms with Crippen LogP contribution in [0.15, 0.2) is 6.20 Å². The van der Waals surface area contributed by atoms with E-state index < -0.39 is 6.09 Å². The second-order valence-corrected chi connectivity index (χ2v) is 7.17. The van der Waals surface area contributed by atoms with E-state index >= 15 is 0 Å². The molecule has 1 aromatic rings. The monoisotopic (exact) mass is 310 g/mol. The van der Waals surface area contributed by atoms with Gasteiger partial charge in [0.1, 0.15) is 5.69 Å². The van der Waals surface area contributed by atoms with Gasteiger partial charge in [-0.25, -0.2) is 4.79 Å². The SMILES string of the molecule is CC1C(COCc2c[nH]nn2)CCN(C(=O)O)C1C(C)(C)C. The number of hydrogen-bond donors (Lipinski definition) is 2. The minimum absolute atomic E-state index is 0.000555. The highest BCUT2D eigenvalue weighted by Gasteiger charge is 2.43. The summed E-state index contributed by atoms with van der Waals surface area (Å²) in [5.74, 6) is 0.605. The van der Waals surface area contributed by atoms with E-state index in [-0.39, 0.29) is 17.4 Å². The topological polar surface area (TPSA) is 91.3 Å². The van der Waals surface area contributed by atoms with Crippen molar-refractivity contribution in [1.82, 2.24) is 20.3 Å². The number of rotatable bonds is 4. The highest BCUT2D eigenvalue weighted by atomic mass is 16.5. The van der Waals surface area contributed by atoms with E-state index in [1.807, 2.05) is 0 Å². The first-order chi connectivity index (χ1) is 10.3. The maximum absolute atomic E-state index is 11.5. The van der Waals surface area contributed by atoms with Gasteiger partial charge in [-0.1, -0.05) is 32.9 Å². The van der Waals surface area contributed by atoms with Gasteiger partial charge in [0.2, 0.25) is 0 Å². The lowest BCUT2D eigenvalue weighted by Gasteiger charge is -2.49. The summed E-state index contributed by atoms with van der Waals surface area (Å²) in [6, 6.07) is -0.000555. The summed E-state index contributed by atoms with van der Waals surface area (Å²) in [6.07, 6.45) is 1.72.